The molecule has 0 aliphatic rings. The van der Waals surface area contributed by atoms with Gasteiger partial charge in [0.2, 0.25) is 0 Å². The van der Waals surface area contributed by atoms with Crippen molar-refractivity contribution in [2.45, 2.75) is 13.8 Å². The zero-order chi connectivity index (χ0) is 16.9. The van der Waals surface area contributed by atoms with Crippen LogP contribution in [0.15, 0.2) is 54.9 Å². The molecule has 0 aliphatic heterocycles. The van der Waals surface area contributed by atoms with Gasteiger partial charge in [0.15, 0.2) is 0 Å². The smallest absolute Gasteiger partial charge is 0.135 e. The van der Waals surface area contributed by atoms with E-state index in [1.807, 2.05) is 18.2 Å². The lowest BCUT2D eigenvalue weighted by Gasteiger charge is -2.10. The molecule has 0 aliphatic carbocycles. The molecule has 0 fully saturated rings. The van der Waals surface area contributed by atoms with Crippen LogP contribution in [0.3, 0.4) is 0 Å². The molecule has 0 atom stereocenters. The molecule has 3 rings (SSSR count). The molecule has 1 aromatic heterocycles. The first kappa shape index (κ1) is 15.5. The van der Waals surface area contributed by atoms with E-state index >= 15 is 0 Å². The second kappa shape index (κ2) is 6.80. The van der Waals surface area contributed by atoms with Gasteiger partial charge in [-0.2, -0.15) is 5.26 Å². The minimum Gasteiger partial charge on any atom is -0.340 e. The third kappa shape index (κ3) is 3.87. The molecule has 24 heavy (non-hydrogen) atoms. The second-order valence-corrected chi connectivity index (χ2v) is 5.61. The van der Waals surface area contributed by atoms with Crippen LogP contribution >= 0.6 is 0 Å². The highest BCUT2D eigenvalue weighted by atomic mass is 15.1. The largest absolute Gasteiger partial charge is 0.340 e. The number of aryl methyl sites for hydroxylation is 2. The number of nitriles is 1. The average molecular weight is 315 g/mol. The number of aromatic nitrogens is 2. The third-order valence-electron chi connectivity index (χ3n) is 3.43. The van der Waals surface area contributed by atoms with Crippen molar-refractivity contribution < 1.29 is 0 Å². The first-order valence-corrected chi connectivity index (χ1v) is 7.57. The van der Waals surface area contributed by atoms with Crippen molar-refractivity contribution in [2.24, 2.45) is 0 Å². The van der Waals surface area contributed by atoms with Gasteiger partial charge < -0.3 is 10.6 Å². The van der Waals surface area contributed by atoms with E-state index in [1.165, 1.54) is 17.5 Å². The molecule has 5 heteroatoms. The van der Waals surface area contributed by atoms with Gasteiger partial charge in [-0.3, -0.25) is 0 Å². The maximum Gasteiger partial charge on any atom is 0.135 e. The first-order valence-electron chi connectivity index (χ1n) is 7.57. The summed E-state index contributed by atoms with van der Waals surface area (Å²) in [4.78, 5) is 8.48. The van der Waals surface area contributed by atoms with Crippen molar-refractivity contribution in [3.05, 3.63) is 71.5 Å². The van der Waals surface area contributed by atoms with Gasteiger partial charge in [0, 0.05) is 17.4 Å². The Kier molecular flexibility index (Phi) is 4.39. The summed E-state index contributed by atoms with van der Waals surface area (Å²) in [7, 11) is 0. The number of nitrogens with zero attached hydrogens (tertiary/aromatic N) is 3. The highest BCUT2D eigenvalue weighted by Crippen LogP contribution is 2.21. The molecular weight excluding hydrogens is 298 g/mol. The quantitative estimate of drug-likeness (QED) is 0.744. The van der Waals surface area contributed by atoms with E-state index in [-0.39, 0.29) is 0 Å². The van der Waals surface area contributed by atoms with Gasteiger partial charge in [-0.1, -0.05) is 12.1 Å². The summed E-state index contributed by atoms with van der Waals surface area (Å²) < 4.78 is 0. The summed E-state index contributed by atoms with van der Waals surface area (Å²) in [6, 6.07) is 17.5. The van der Waals surface area contributed by atoms with Crippen LogP contribution in [0.2, 0.25) is 0 Å². The van der Waals surface area contributed by atoms with Crippen LogP contribution in [-0.4, -0.2) is 9.97 Å². The first-order chi connectivity index (χ1) is 11.6. The maximum atomic E-state index is 8.97. The van der Waals surface area contributed by atoms with Crippen LogP contribution in [0.25, 0.3) is 0 Å². The van der Waals surface area contributed by atoms with Crippen molar-refractivity contribution in [3.8, 4) is 6.07 Å². The molecule has 0 radical (unpaired) electrons. The van der Waals surface area contributed by atoms with Crippen molar-refractivity contribution in [2.75, 3.05) is 10.6 Å². The molecule has 3 aromatic rings. The van der Waals surface area contributed by atoms with Crippen molar-refractivity contribution >= 4 is 23.0 Å². The Hall–Kier alpha value is -3.39. The molecule has 2 N–H and O–H groups in total. The molecule has 0 unspecified atom stereocenters. The third-order valence-corrected chi connectivity index (χ3v) is 3.43. The molecule has 0 amide bonds. The Bertz CT molecular complexity index is 891. The van der Waals surface area contributed by atoms with E-state index in [0.29, 0.717) is 17.2 Å². The summed E-state index contributed by atoms with van der Waals surface area (Å²) in [5, 5.41) is 15.4. The molecule has 0 saturated carbocycles. The van der Waals surface area contributed by atoms with E-state index in [9.17, 15) is 0 Å². The number of nitrogens with one attached hydrogen (secondary N) is 2. The van der Waals surface area contributed by atoms with Crippen LogP contribution in [0, 0.1) is 25.2 Å². The molecular formula is C19H17N5. The number of hydrogen-bond acceptors (Lipinski definition) is 5. The topological polar surface area (TPSA) is 73.6 Å². The Labute approximate surface area is 141 Å². The van der Waals surface area contributed by atoms with Gasteiger partial charge >= 0.3 is 0 Å². The second-order valence-electron chi connectivity index (χ2n) is 5.61. The lowest BCUT2D eigenvalue weighted by molar-refractivity contribution is 1.16. The van der Waals surface area contributed by atoms with Crippen LogP contribution < -0.4 is 10.6 Å². The summed E-state index contributed by atoms with van der Waals surface area (Å²) in [6.45, 7) is 4.13. The predicted octanol–water partition coefficient (Wildman–Crippen LogP) is 4.45. The van der Waals surface area contributed by atoms with E-state index in [1.54, 1.807) is 12.1 Å². The summed E-state index contributed by atoms with van der Waals surface area (Å²) in [5.41, 5.74) is 4.79. The predicted molar refractivity (Wildman–Crippen MR) is 95.7 cm³/mol. The number of benzene rings is 2. The van der Waals surface area contributed by atoms with Gasteiger partial charge in [-0.15, -0.1) is 0 Å². The molecule has 118 valence electrons. The standard InChI is InChI=1S/C19H17N5/c1-13-6-14(2)8-17(7-13)24-19-10-18(21-12-22-19)23-16-5-3-4-15(9-16)11-20/h3-10,12H,1-2H3,(H2,21,22,23,24). The average Bonchev–Trinajstić information content (AvgIpc) is 2.54. The number of hydrogen-bond donors (Lipinski definition) is 2. The Balaban J connectivity index is 1.80. The normalized spacial score (nSPS) is 10.0. The van der Waals surface area contributed by atoms with Crippen LogP contribution in [0.4, 0.5) is 23.0 Å². The summed E-state index contributed by atoms with van der Waals surface area (Å²) >= 11 is 0. The minimum atomic E-state index is 0.600. The van der Waals surface area contributed by atoms with Crippen molar-refractivity contribution in [3.63, 3.8) is 0 Å². The van der Waals surface area contributed by atoms with E-state index in [2.05, 4.69) is 58.7 Å². The van der Waals surface area contributed by atoms with Crippen LogP contribution in [0.1, 0.15) is 16.7 Å². The molecule has 0 saturated heterocycles. The van der Waals surface area contributed by atoms with E-state index in [4.69, 9.17) is 5.26 Å². The fourth-order valence-electron chi connectivity index (χ4n) is 2.50. The van der Waals surface area contributed by atoms with Crippen LogP contribution in [0.5, 0.6) is 0 Å². The Morgan fingerprint density at radius 3 is 2.17 bits per heavy atom. The molecule has 0 bridgehead atoms. The molecule has 2 aromatic carbocycles. The maximum absolute atomic E-state index is 8.97. The monoisotopic (exact) mass is 315 g/mol. The highest BCUT2D eigenvalue weighted by molar-refractivity contribution is 5.64. The van der Waals surface area contributed by atoms with E-state index in [0.717, 1.165) is 11.4 Å². The van der Waals surface area contributed by atoms with Crippen LogP contribution in [-0.2, 0) is 0 Å². The van der Waals surface area contributed by atoms with Crippen molar-refractivity contribution in [1.82, 2.24) is 9.97 Å². The van der Waals surface area contributed by atoms with E-state index < -0.39 is 0 Å². The van der Waals surface area contributed by atoms with Gasteiger partial charge in [0.05, 0.1) is 11.6 Å². The minimum absolute atomic E-state index is 0.600. The van der Waals surface area contributed by atoms with Gasteiger partial charge in [-0.05, 0) is 55.3 Å². The van der Waals surface area contributed by atoms with Crippen molar-refractivity contribution in [1.29, 1.82) is 5.26 Å². The summed E-state index contributed by atoms with van der Waals surface area (Å²) in [6.07, 6.45) is 1.50. The Morgan fingerprint density at radius 1 is 0.833 bits per heavy atom. The number of rotatable bonds is 4. The summed E-state index contributed by atoms with van der Waals surface area (Å²) in [5.74, 6) is 1.36. The lowest BCUT2D eigenvalue weighted by Crippen LogP contribution is -1.99. The highest BCUT2D eigenvalue weighted by Gasteiger charge is 2.02. The lowest BCUT2D eigenvalue weighted by atomic mass is 10.1. The Morgan fingerprint density at radius 2 is 1.50 bits per heavy atom. The van der Waals surface area contributed by atoms with Gasteiger partial charge in [0.25, 0.3) is 0 Å². The zero-order valence-electron chi connectivity index (χ0n) is 13.5. The zero-order valence-corrected chi connectivity index (χ0v) is 13.5. The van der Waals surface area contributed by atoms with Gasteiger partial charge in [0.1, 0.15) is 18.0 Å². The number of anilines is 4. The molecule has 5 nitrogen and oxygen atoms in total. The fraction of sp³-hybridized carbons (Fsp3) is 0.105. The fourth-order valence-corrected chi connectivity index (χ4v) is 2.50. The molecule has 1 heterocycles. The van der Waals surface area contributed by atoms with Gasteiger partial charge in [-0.25, -0.2) is 9.97 Å². The SMILES string of the molecule is Cc1cc(C)cc(Nc2cc(Nc3cccc(C#N)c3)ncn2)c1. The molecule has 0 spiro atoms.